The molecule has 10 heteroatoms. The molecule has 0 fully saturated rings. The number of carbonyl (C=O) groups is 2. The highest BCUT2D eigenvalue weighted by Crippen LogP contribution is 2.30. The maximum Gasteiger partial charge on any atom is 0.326 e. The van der Waals surface area contributed by atoms with E-state index in [4.69, 9.17) is 5.26 Å². The molecule has 0 saturated heterocycles. The smallest absolute Gasteiger partial charge is 0.326 e. The zero-order valence-corrected chi connectivity index (χ0v) is 22.0. The zero-order chi connectivity index (χ0) is 27.5. The molecule has 0 atom stereocenters. The van der Waals surface area contributed by atoms with Crippen LogP contribution in [0.2, 0.25) is 0 Å². The van der Waals surface area contributed by atoms with E-state index in [1.165, 1.54) is 12.1 Å². The average molecular weight is 509 g/mol. The summed E-state index contributed by atoms with van der Waals surface area (Å²) in [5.41, 5.74) is 0.462. The summed E-state index contributed by atoms with van der Waals surface area (Å²) in [6.45, 7) is 9.48. The lowest BCUT2D eigenvalue weighted by atomic mass is 9.88. The third-order valence-electron chi connectivity index (χ3n) is 6.41. The number of halogens is 1. The van der Waals surface area contributed by atoms with Gasteiger partial charge in [0.25, 0.3) is 0 Å². The number of aliphatic hydroxyl groups is 1. The fraction of sp³-hybridized carbons (Fsp3) is 0.407. The van der Waals surface area contributed by atoms with Gasteiger partial charge in [-0.1, -0.05) is 20.8 Å². The molecule has 0 bridgehead atoms. The van der Waals surface area contributed by atoms with Gasteiger partial charge >= 0.3 is 6.03 Å². The number of aromatic nitrogens is 2. The number of rotatable bonds is 8. The highest BCUT2D eigenvalue weighted by molar-refractivity contribution is 6.01. The molecule has 3 rings (SSSR count). The van der Waals surface area contributed by atoms with Gasteiger partial charge in [0.15, 0.2) is 0 Å². The second kappa shape index (κ2) is 10.6. The molecule has 37 heavy (non-hydrogen) atoms. The second-order valence-corrected chi connectivity index (χ2v) is 10.3. The molecule has 3 N–H and O–H groups in total. The van der Waals surface area contributed by atoms with Gasteiger partial charge in [-0.25, -0.2) is 14.2 Å². The van der Waals surface area contributed by atoms with E-state index >= 15 is 0 Å². The van der Waals surface area contributed by atoms with Crippen LogP contribution in [0.25, 0.3) is 11.0 Å². The minimum atomic E-state index is -0.958. The standard InChI is InChI=1S/C27H33FN6O3/c1-7-26(2,3)23(35)33(6)18-9-11-22-21(15-18)30-24(34(22)13-12-27(4,5)37)32-25(36)31-20-10-8-17(16-29)14-19(20)28/h8-11,14-15,37H,7,12-13H2,1-6H3,(H2,30,31,32,36). The monoisotopic (exact) mass is 508 g/mol. The van der Waals surface area contributed by atoms with E-state index < -0.39 is 22.9 Å². The van der Waals surface area contributed by atoms with Crippen LogP contribution in [-0.4, -0.2) is 39.2 Å². The Morgan fingerprint density at radius 2 is 1.86 bits per heavy atom. The number of nitrogens with one attached hydrogen (secondary N) is 2. The van der Waals surface area contributed by atoms with Crippen LogP contribution in [0, 0.1) is 22.6 Å². The lowest BCUT2D eigenvalue weighted by Gasteiger charge is -2.28. The largest absolute Gasteiger partial charge is 0.390 e. The van der Waals surface area contributed by atoms with Crippen molar-refractivity contribution in [2.45, 2.75) is 59.6 Å². The molecule has 0 spiro atoms. The number of hydrogen-bond donors (Lipinski definition) is 3. The molecule has 2 aromatic carbocycles. The van der Waals surface area contributed by atoms with E-state index in [0.717, 1.165) is 6.07 Å². The maximum atomic E-state index is 14.3. The van der Waals surface area contributed by atoms with Crippen LogP contribution in [0.3, 0.4) is 0 Å². The van der Waals surface area contributed by atoms with Crippen LogP contribution >= 0.6 is 0 Å². The number of hydrogen-bond acceptors (Lipinski definition) is 5. The molecule has 0 unspecified atom stereocenters. The van der Waals surface area contributed by atoms with E-state index in [9.17, 15) is 19.1 Å². The maximum absolute atomic E-state index is 14.3. The van der Waals surface area contributed by atoms with Gasteiger partial charge in [-0.3, -0.25) is 10.1 Å². The first-order valence-corrected chi connectivity index (χ1v) is 12.0. The summed E-state index contributed by atoms with van der Waals surface area (Å²) >= 11 is 0. The molecule has 0 saturated carbocycles. The lowest BCUT2D eigenvalue weighted by molar-refractivity contribution is -0.126. The Kier molecular flexibility index (Phi) is 7.88. The van der Waals surface area contributed by atoms with Crippen molar-refractivity contribution < 1.29 is 19.1 Å². The van der Waals surface area contributed by atoms with E-state index in [2.05, 4.69) is 15.6 Å². The molecule has 9 nitrogen and oxygen atoms in total. The van der Waals surface area contributed by atoms with Gasteiger partial charge in [0.1, 0.15) is 5.82 Å². The minimum absolute atomic E-state index is 0.0296. The topological polar surface area (TPSA) is 123 Å². The summed E-state index contributed by atoms with van der Waals surface area (Å²) in [6.07, 6.45) is 1.07. The van der Waals surface area contributed by atoms with Crippen molar-refractivity contribution in [2.75, 3.05) is 22.6 Å². The highest BCUT2D eigenvalue weighted by atomic mass is 19.1. The van der Waals surface area contributed by atoms with Crippen LogP contribution in [0.15, 0.2) is 36.4 Å². The molecule has 0 aliphatic rings. The number of aryl methyl sites for hydroxylation is 1. The molecule has 1 heterocycles. The van der Waals surface area contributed by atoms with Crippen molar-refractivity contribution >= 4 is 40.3 Å². The number of nitriles is 1. The fourth-order valence-electron chi connectivity index (χ4n) is 3.70. The number of anilines is 3. The van der Waals surface area contributed by atoms with Crippen LogP contribution in [-0.2, 0) is 11.3 Å². The van der Waals surface area contributed by atoms with E-state index in [0.29, 0.717) is 36.1 Å². The number of urea groups is 1. The number of nitrogens with zero attached hydrogens (tertiary/aromatic N) is 4. The van der Waals surface area contributed by atoms with Crippen molar-refractivity contribution in [3.8, 4) is 6.07 Å². The summed E-state index contributed by atoms with van der Waals surface area (Å²) in [5.74, 6) is -0.569. The fourth-order valence-corrected chi connectivity index (χ4v) is 3.70. The van der Waals surface area contributed by atoms with Gasteiger partial charge in [-0.15, -0.1) is 0 Å². The molecule has 3 aromatic rings. The molecule has 196 valence electrons. The van der Waals surface area contributed by atoms with Gasteiger partial charge in [-0.05, 0) is 63.1 Å². The predicted octanol–water partition coefficient (Wildman–Crippen LogP) is 5.25. The van der Waals surface area contributed by atoms with E-state index in [-0.39, 0.29) is 23.1 Å². The summed E-state index contributed by atoms with van der Waals surface area (Å²) in [7, 11) is 1.71. The Morgan fingerprint density at radius 3 is 2.46 bits per heavy atom. The Hall–Kier alpha value is -3.97. The highest BCUT2D eigenvalue weighted by Gasteiger charge is 2.29. The van der Waals surface area contributed by atoms with Crippen molar-refractivity contribution in [1.29, 1.82) is 5.26 Å². The second-order valence-electron chi connectivity index (χ2n) is 10.3. The van der Waals surface area contributed by atoms with Crippen molar-refractivity contribution in [3.05, 3.63) is 47.8 Å². The van der Waals surface area contributed by atoms with Crippen LogP contribution in [0.5, 0.6) is 0 Å². The zero-order valence-electron chi connectivity index (χ0n) is 22.0. The third-order valence-corrected chi connectivity index (χ3v) is 6.41. The van der Waals surface area contributed by atoms with Gasteiger partial charge in [0.05, 0.1) is 34.0 Å². The summed E-state index contributed by atoms with van der Waals surface area (Å²) < 4.78 is 16.0. The van der Waals surface area contributed by atoms with E-state index in [1.54, 1.807) is 36.4 Å². The number of amides is 3. The first-order chi connectivity index (χ1) is 17.3. The van der Waals surface area contributed by atoms with Gasteiger partial charge in [0.2, 0.25) is 11.9 Å². The molecule has 1 aromatic heterocycles. The predicted molar refractivity (Wildman–Crippen MR) is 142 cm³/mol. The van der Waals surface area contributed by atoms with Gasteiger partial charge < -0.3 is 19.9 Å². The van der Waals surface area contributed by atoms with Crippen LogP contribution < -0.4 is 15.5 Å². The van der Waals surface area contributed by atoms with Crippen molar-refractivity contribution in [2.24, 2.45) is 5.41 Å². The molecular formula is C27H33FN6O3. The third kappa shape index (κ3) is 6.43. The first kappa shape index (κ1) is 27.6. The summed E-state index contributed by atoms with van der Waals surface area (Å²) in [4.78, 5) is 31.8. The number of fused-ring (bicyclic) bond motifs is 1. The van der Waals surface area contributed by atoms with Crippen molar-refractivity contribution in [1.82, 2.24) is 9.55 Å². The molecule has 0 aliphatic heterocycles. The number of carbonyl (C=O) groups excluding carboxylic acids is 2. The SMILES string of the molecule is CCC(C)(C)C(=O)N(C)c1ccc2c(c1)nc(NC(=O)Nc1ccc(C#N)cc1F)n2CCC(C)(C)O. The van der Waals surface area contributed by atoms with Gasteiger partial charge in [0, 0.05) is 24.7 Å². The van der Waals surface area contributed by atoms with Gasteiger partial charge in [-0.2, -0.15) is 5.26 Å². The Labute approximate surface area is 215 Å². The number of benzene rings is 2. The Bertz CT molecular complexity index is 1370. The first-order valence-electron chi connectivity index (χ1n) is 12.0. The van der Waals surface area contributed by atoms with Crippen LogP contribution in [0.1, 0.15) is 53.0 Å². The Balaban J connectivity index is 1.94. The molecular weight excluding hydrogens is 475 g/mol. The summed E-state index contributed by atoms with van der Waals surface area (Å²) in [5, 5.41) is 24.3. The van der Waals surface area contributed by atoms with Crippen molar-refractivity contribution in [3.63, 3.8) is 0 Å². The molecule has 3 amide bonds. The van der Waals surface area contributed by atoms with E-state index in [1.807, 2.05) is 39.0 Å². The number of imidazole rings is 1. The Morgan fingerprint density at radius 1 is 1.16 bits per heavy atom. The molecule has 0 radical (unpaired) electrons. The molecule has 0 aliphatic carbocycles. The lowest BCUT2D eigenvalue weighted by Crippen LogP contribution is -2.38. The normalized spacial score (nSPS) is 11.8. The van der Waals surface area contributed by atoms with Crippen LogP contribution in [0.4, 0.5) is 26.5 Å². The quantitative estimate of drug-likeness (QED) is 0.383. The minimum Gasteiger partial charge on any atom is -0.390 e. The average Bonchev–Trinajstić information content (AvgIpc) is 3.18. The summed E-state index contributed by atoms with van der Waals surface area (Å²) in [6, 6.07) is 10.3.